The number of rotatable bonds is 13. The summed E-state index contributed by atoms with van der Waals surface area (Å²) in [5.74, 6) is 2.21. The smallest absolute Gasteiger partial charge is 0.187 e. The number of carbonyl (C=O) groups excluding carboxylic acids is 1. The number of hydrogen-bond acceptors (Lipinski definition) is 19. The molecule has 0 aromatic rings. The van der Waals surface area contributed by atoms with Crippen molar-refractivity contribution in [2.75, 3.05) is 26.4 Å². The van der Waals surface area contributed by atoms with Crippen LogP contribution in [0.5, 0.6) is 0 Å². The summed E-state index contributed by atoms with van der Waals surface area (Å²) in [5, 5.41) is 113. The zero-order valence-electron chi connectivity index (χ0n) is 37.2. The van der Waals surface area contributed by atoms with Crippen LogP contribution in [0.2, 0.25) is 0 Å². The normalized spacial score (nSPS) is 52.1. The maximum Gasteiger partial charge on any atom is 0.187 e. The number of aliphatic hydroxyl groups excluding tert-OH is 11. The lowest BCUT2D eigenvalue weighted by Crippen LogP contribution is -2.65. The lowest BCUT2D eigenvalue weighted by Gasteiger charge is -2.60. The summed E-state index contributed by atoms with van der Waals surface area (Å²) in [6.45, 7) is 6.93. The van der Waals surface area contributed by atoms with Crippen LogP contribution >= 0.6 is 0 Å². The Balaban J connectivity index is 0.855. The van der Waals surface area contributed by atoms with Gasteiger partial charge in [-0.25, -0.2) is 0 Å². The molecule has 0 amide bonds. The van der Waals surface area contributed by atoms with Gasteiger partial charge in [-0.2, -0.15) is 0 Å². The van der Waals surface area contributed by atoms with Gasteiger partial charge in [-0.3, -0.25) is 4.79 Å². The van der Waals surface area contributed by atoms with E-state index in [4.69, 9.17) is 33.2 Å². The van der Waals surface area contributed by atoms with E-state index < -0.39 is 117 Å². The van der Waals surface area contributed by atoms with Crippen LogP contribution in [-0.4, -0.2) is 193 Å². The molecule has 0 bridgehead atoms. The largest absolute Gasteiger partial charge is 0.494 e. The molecule has 25 atom stereocenters. The fraction of sp³-hybridized carbons (Fsp3) is 0.933. The maximum atomic E-state index is 14.6. The van der Waals surface area contributed by atoms with E-state index in [1.54, 1.807) is 0 Å². The average Bonchev–Trinajstić information content (AvgIpc) is 3.77. The molecule has 4 aliphatic heterocycles. The number of carbonyl (C=O) groups is 1. The molecule has 8 aliphatic rings. The second-order valence-electron chi connectivity index (χ2n) is 20.8. The van der Waals surface area contributed by atoms with Gasteiger partial charge in [0.1, 0.15) is 85.1 Å². The van der Waals surface area contributed by atoms with Gasteiger partial charge in [0.2, 0.25) is 0 Å². The van der Waals surface area contributed by atoms with Crippen LogP contribution in [0.15, 0.2) is 11.3 Å². The molecular formula is C45H72O19. The quantitative estimate of drug-likeness (QED) is 0.0923. The highest BCUT2D eigenvalue weighted by Gasteiger charge is 2.68. The Morgan fingerprint density at radius 2 is 1.30 bits per heavy atom. The molecule has 19 heteroatoms. The first-order chi connectivity index (χ1) is 30.4. The highest BCUT2D eigenvalue weighted by molar-refractivity contribution is 5.87. The number of ether oxygens (including phenoxy) is 7. The van der Waals surface area contributed by atoms with E-state index in [1.807, 2.05) is 6.92 Å². The van der Waals surface area contributed by atoms with Gasteiger partial charge in [0.25, 0.3) is 0 Å². The van der Waals surface area contributed by atoms with Crippen LogP contribution < -0.4 is 0 Å². The molecule has 366 valence electrons. The van der Waals surface area contributed by atoms with Crippen molar-refractivity contribution in [2.24, 2.45) is 46.3 Å². The molecule has 0 spiro atoms. The van der Waals surface area contributed by atoms with Gasteiger partial charge in [0.15, 0.2) is 18.9 Å². The first kappa shape index (κ1) is 49.0. The first-order valence-corrected chi connectivity index (χ1v) is 23.4. The van der Waals surface area contributed by atoms with Gasteiger partial charge in [0, 0.05) is 24.2 Å². The molecule has 11 N–H and O–H groups in total. The second kappa shape index (κ2) is 19.1. The van der Waals surface area contributed by atoms with Crippen molar-refractivity contribution in [1.29, 1.82) is 0 Å². The molecule has 8 rings (SSSR count). The van der Waals surface area contributed by atoms with E-state index in [0.717, 1.165) is 37.0 Å². The SMILES string of the molecule is CC1=C(CC[C@@H](C)CO[C@H]2O[C@@H](CO)[C@H](O)[C@@H](O)[C@@H]2O)O[C@H]2C[C@@H]3[C@H]4CC[C@@H]5C[C@H](O[C@H]6O[C@@H](CO)[C@H](O[C@H]7O[C@@H](CO)[C@H](O)[C@@H](O)[C@@H]7O)[C@@H](O)[C@@H]6O)CC[C@@]5(C)[C@@H]4CC(=O)[C@@]3(C)[C@@H]12. The highest BCUT2D eigenvalue weighted by atomic mass is 16.7. The lowest BCUT2D eigenvalue weighted by atomic mass is 9.44. The third kappa shape index (κ3) is 8.43. The Labute approximate surface area is 373 Å². The van der Waals surface area contributed by atoms with Gasteiger partial charge < -0.3 is 89.3 Å². The summed E-state index contributed by atoms with van der Waals surface area (Å²) in [6.07, 6.45) is -15.6. The summed E-state index contributed by atoms with van der Waals surface area (Å²) in [7, 11) is 0. The Hall–Kier alpha value is -1.47. The first-order valence-electron chi connectivity index (χ1n) is 23.4. The van der Waals surface area contributed by atoms with Crippen LogP contribution in [0.25, 0.3) is 0 Å². The van der Waals surface area contributed by atoms with Gasteiger partial charge in [-0.05, 0) is 92.4 Å². The van der Waals surface area contributed by atoms with E-state index >= 15 is 0 Å². The van der Waals surface area contributed by atoms with Crippen molar-refractivity contribution in [3.8, 4) is 0 Å². The maximum absolute atomic E-state index is 14.6. The van der Waals surface area contributed by atoms with Crippen molar-refractivity contribution in [3.63, 3.8) is 0 Å². The summed E-state index contributed by atoms with van der Waals surface area (Å²) in [5.41, 5.74) is 0.474. The van der Waals surface area contributed by atoms with E-state index in [9.17, 15) is 61.0 Å². The van der Waals surface area contributed by atoms with E-state index in [1.165, 1.54) is 0 Å². The molecule has 4 heterocycles. The van der Waals surface area contributed by atoms with Gasteiger partial charge >= 0.3 is 0 Å². The monoisotopic (exact) mass is 916 g/mol. The predicted octanol–water partition coefficient (Wildman–Crippen LogP) is -1.65. The summed E-state index contributed by atoms with van der Waals surface area (Å²) < 4.78 is 41.4. The Morgan fingerprint density at radius 1 is 0.703 bits per heavy atom. The van der Waals surface area contributed by atoms with Crippen LogP contribution in [0.3, 0.4) is 0 Å². The zero-order valence-corrected chi connectivity index (χ0v) is 37.2. The second-order valence-corrected chi connectivity index (χ2v) is 20.8. The molecule has 4 saturated carbocycles. The summed E-state index contributed by atoms with van der Waals surface area (Å²) in [6, 6.07) is 0. The van der Waals surface area contributed by atoms with Crippen molar-refractivity contribution in [1.82, 2.24) is 0 Å². The Kier molecular flexibility index (Phi) is 14.6. The minimum atomic E-state index is -1.76. The third-order valence-corrected chi connectivity index (χ3v) is 17.2. The molecule has 3 saturated heterocycles. The van der Waals surface area contributed by atoms with Crippen LogP contribution in [0, 0.1) is 46.3 Å². The van der Waals surface area contributed by atoms with E-state index in [-0.39, 0.29) is 53.8 Å². The highest BCUT2D eigenvalue weighted by Crippen LogP contribution is 2.69. The zero-order chi connectivity index (χ0) is 46.2. The minimum Gasteiger partial charge on any atom is -0.494 e. The fourth-order valence-corrected chi connectivity index (χ4v) is 13.4. The Morgan fingerprint density at radius 3 is 1.95 bits per heavy atom. The standard InChI is InChI=1S/C45H72O19/c1-18(17-58-41-37(55)34(52)32(50)27(14-46)61-41)5-8-25-19(2)31-26(60-25)12-24-22-7-6-20-11-21(9-10-44(20,3)23(22)13-30(49)45(24,31)4)59-42-39(57)36(54)40(29(16-48)63-42)64-43-38(56)35(53)33(51)28(15-47)62-43/h18,20-24,26-29,31-43,46-48,50-57H,5-17H2,1-4H3/t18-,20-,21-,22+,23-,24-,26+,27+,28+,29+,31+,32+,33+,34-,35-,36+,37+,38+,39+,40+,41+,42+,43-,44-,45+/m1/s1. The number of allylic oxidation sites excluding steroid dienone is 1. The molecule has 0 aromatic heterocycles. The average molecular weight is 917 g/mol. The van der Waals surface area contributed by atoms with Crippen molar-refractivity contribution < 1.29 is 94.1 Å². The third-order valence-electron chi connectivity index (χ3n) is 17.2. The number of fused-ring (bicyclic) bond motifs is 7. The number of hydrogen-bond donors (Lipinski definition) is 11. The number of Topliss-reactive ketones (excluding diaryl/α,β-unsaturated/α-hetero) is 1. The van der Waals surface area contributed by atoms with E-state index in [0.29, 0.717) is 43.8 Å². The molecule has 64 heavy (non-hydrogen) atoms. The Bertz CT molecular complexity index is 1660. The van der Waals surface area contributed by atoms with Crippen LogP contribution in [0.4, 0.5) is 0 Å². The van der Waals surface area contributed by atoms with Crippen LogP contribution in [-0.2, 0) is 38.0 Å². The minimum absolute atomic E-state index is 0.00138. The molecule has 4 aliphatic carbocycles. The summed E-state index contributed by atoms with van der Waals surface area (Å²) >= 11 is 0. The van der Waals surface area contributed by atoms with E-state index in [2.05, 4.69) is 20.8 Å². The molecule has 0 unspecified atom stereocenters. The molecule has 0 radical (unpaired) electrons. The topological polar surface area (TPSA) is 304 Å². The van der Waals surface area contributed by atoms with Crippen molar-refractivity contribution in [2.45, 2.75) is 190 Å². The van der Waals surface area contributed by atoms with Gasteiger partial charge in [0.05, 0.1) is 38.3 Å². The molecule has 19 nitrogen and oxygen atoms in total. The predicted molar refractivity (Wildman–Crippen MR) is 218 cm³/mol. The van der Waals surface area contributed by atoms with Gasteiger partial charge in [-0.1, -0.05) is 20.8 Å². The van der Waals surface area contributed by atoms with Crippen molar-refractivity contribution >= 4 is 5.78 Å². The van der Waals surface area contributed by atoms with Crippen molar-refractivity contribution in [3.05, 3.63) is 11.3 Å². The summed E-state index contributed by atoms with van der Waals surface area (Å²) in [4.78, 5) is 14.6. The number of aliphatic hydroxyl groups is 11. The lowest BCUT2D eigenvalue weighted by molar-refractivity contribution is -0.364. The fourth-order valence-electron chi connectivity index (χ4n) is 13.4. The molecule has 0 aromatic carbocycles. The van der Waals surface area contributed by atoms with Crippen LogP contribution in [0.1, 0.15) is 85.5 Å². The van der Waals surface area contributed by atoms with Gasteiger partial charge in [-0.15, -0.1) is 0 Å². The molecular weight excluding hydrogens is 844 g/mol. The number of ketones is 1. The molecule has 7 fully saturated rings.